The van der Waals surface area contributed by atoms with E-state index in [4.69, 9.17) is 11.6 Å². The molecule has 2 heteroatoms. The Labute approximate surface area is 54.7 Å². The van der Waals surface area contributed by atoms with Crippen molar-refractivity contribution in [3.63, 3.8) is 0 Å². The van der Waals surface area contributed by atoms with E-state index in [1.54, 1.807) is 6.92 Å². The van der Waals surface area contributed by atoms with Crippen LogP contribution in [0.2, 0.25) is 0 Å². The average Bonchev–Trinajstić information content (AvgIpc) is 1.86. The SMILES string of the molecule is CC1(O)C[CH]CC1Cl. The van der Waals surface area contributed by atoms with Crippen LogP contribution in [-0.4, -0.2) is 16.1 Å². The topological polar surface area (TPSA) is 20.2 Å². The minimum atomic E-state index is -0.637. The highest BCUT2D eigenvalue weighted by molar-refractivity contribution is 6.21. The molecule has 1 fully saturated rings. The van der Waals surface area contributed by atoms with E-state index in [9.17, 15) is 5.11 Å². The van der Waals surface area contributed by atoms with E-state index in [2.05, 4.69) is 0 Å². The molecule has 1 aliphatic carbocycles. The summed E-state index contributed by atoms with van der Waals surface area (Å²) in [4.78, 5) is 0. The number of halogens is 1. The maximum atomic E-state index is 9.30. The first-order chi connectivity index (χ1) is 3.63. The maximum Gasteiger partial charge on any atom is 0.0785 e. The first-order valence-corrected chi connectivity index (χ1v) is 3.25. The number of hydrogen-bond acceptors (Lipinski definition) is 1. The van der Waals surface area contributed by atoms with Crippen molar-refractivity contribution in [2.24, 2.45) is 0 Å². The van der Waals surface area contributed by atoms with Gasteiger partial charge < -0.3 is 5.11 Å². The molecule has 0 amide bonds. The molecular formula is C6H10ClO. The summed E-state index contributed by atoms with van der Waals surface area (Å²) in [6, 6.07) is 0. The van der Waals surface area contributed by atoms with Gasteiger partial charge in [0.1, 0.15) is 0 Å². The van der Waals surface area contributed by atoms with Gasteiger partial charge in [0, 0.05) is 0 Å². The summed E-state index contributed by atoms with van der Waals surface area (Å²) in [5.74, 6) is 0. The van der Waals surface area contributed by atoms with Crippen LogP contribution in [0, 0.1) is 6.42 Å². The molecule has 1 nitrogen and oxygen atoms in total. The molecule has 0 aromatic rings. The molecule has 0 spiro atoms. The highest BCUT2D eigenvalue weighted by Gasteiger charge is 2.34. The van der Waals surface area contributed by atoms with Gasteiger partial charge in [-0.3, -0.25) is 0 Å². The smallest absolute Gasteiger partial charge is 0.0785 e. The Morgan fingerprint density at radius 3 is 2.62 bits per heavy atom. The van der Waals surface area contributed by atoms with Crippen molar-refractivity contribution in [2.75, 3.05) is 0 Å². The van der Waals surface area contributed by atoms with Gasteiger partial charge in [-0.05, 0) is 26.2 Å². The second-order valence-electron chi connectivity index (χ2n) is 2.55. The molecule has 1 rings (SSSR count). The van der Waals surface area contributed by atoms with E-state index in [-0.39, 0.29) is 5.38 Å². The fourth-order valence-corrected chi connectivity index (χ4v) is 1.12. The molecule has 1 radical (unpaired) electrons. The van der Waals surface area contributed by atoms with Crippen molar-refractivity contribution in [3.8, 4) is 0 Å². The highest BCUT2D eigenvalue weighted by atomic mass is 35.5. The molecule has 0 aromatic carbocycles. The summed E-state index contributed by atoms with van der Waals surface area (Å²) in [7, 11) is 0. The van der Waals surface area contributed by atoms with Gasteiger partial charge >= 0.3 is 0 Å². The van der Waals surface area contributed by atoms with Gasteiger partial charge in [0.05, 0.1) is 11.0 Å². The summed E-state index contributed by atoms with van der Waals surface area (Å²) in [6.45, 7) is 1.77. The molecule has 8 heavy (non-hydrogen) atoms. The quantitative estimate of drug-likeness (QED) is 0.495. The molecule has 2 unspecified atom stereocenters. The monoisotopic (exact) mass is 133 g/mol. The molecule has 0 saturated heterocycles. The van der Waals surface area contributed by atoms with Crippen LogP contribution >= 0.6 is 11.6 Å². The van der Waals surface area contributed by atoms with Crippen molar-refractivity contribution < 1.29 is 5.11 Å². The van der Waals surface area contributed by atoms with Crippen LogP contribution in [0.5, 0.6) is 0 Å². The standard InChI is InChI=1S/C6H10ClO/c1-6(8)4-2-3-5(6)7/h2,5,8H,3-4H2,1H3. The lowest BCUT2D eigenvalue weighted by Crippen LogP contribution is -2.28. The largest absolute Gasteiger partial charge is 0.389 e. The Bertz CT molecular complexity index is 90.5. The average molecular weight is 134 g/mol. The van der Waals surface area contributed by atoms with Crippen LogP contribution in [0.4, 0.5) is 0 Å². The van der Waals surface area contributed by atoms with Crippen LogP contribution in [0.3, 0.4) is 0 Å². The van der Waals surface area contributed by atoms with Gasteiger partial charge in [-0.25, -0.2) is 0 Å². The van der Waals surface area contributed by atoms with E-state index < -0.39 is 5.60 Å². The zero-order chi connectivity index (χ0) is 6.20. The Kier molecular flexibility index (Phi) is 1.50. The first kappa shape index (κ1) is 6.37. The van der Waals surface area contributed by atoms with Crippen LogP contribution in [0.1, 0.15) is 19.8 Å². The molecule has 1 N–H and O–H groups in total. The third-order valence-corrected chi connectivity index (χ3v) is 2.25. The fourth-order valence-electron chi connectivity index (χ4n) is 0.904. The lowest BCUT2D eigenvalue weighted by atomic mass is 10.1. The third-order valence-electron chi connectivity index (χ3n) is 1.61. The van der Waals surface area contributed by atoms with Gasteiger partial charge in [0.15, 0.2) is 0 Å². The molecule has 0 aliphatic heterocycles. The van der Waals surface area contributed by atoms with Gasteiger partial charge in [-0.1, -0.05) is 0 Å². The molecule has 2 atom stereocenters. The van der Waals surface area contributed by atoms with Crippen molar-refractivity contribution in [1.29, 1.82) is 0 Å². The van der Waals surface area contributed by atoms with E-state index >= 15 is 0 Å². The predicted octanol–water partition coefficient (Wildman–Crippen LogP) is 1.34. The number of hydrogen-bond donors (Lipinski definition) is 1. The number of rotatable bonds is 0. The van der Waals surface area contributed by atoms with E-state index in [1.165, 1.54) is 0 Å². The van der Waals surface area contributed by atoms with E-state index in [0.29, 0.717) is 0 Å². The highest BCUT2D eigenvalue weighted by Crippen LogP contribution is 2.32. The summed E-state index contributed by atoms with van der Waals surface area (Å²) >= 11 is 5.72. The second-order valence-corrected chi connectivity index (χ2v) is 3.08. The van der Waals surface area contributed by atoms with Gasteiger partial charge in [-0.15, -0.1) is 11.6 Å². The molecule has 1 aliphatic rings. The fraction of sp³-hybridized carbons (Fsp3) is 0.833. The van der Waals surface area contributed by atoms with E-state index in [1.807, 2.05) is 6.42 Å². The van der Waals surface area contributed by atoms with Crippen LogP contribution in [0.15, 0.2) is 0 Å². The van der Waals surface area contributed by atoms with Crippen LogP contribution < -0.4 is 0 Å². The zero-order valence-electron chi connectivity index (χ0n) is 4.89. The van der Waals surface area contributed by atoms with Crippen molar-refractivity contribution in [1.82, 2.24) is 0 Å². The molecular weight excluding hydrogens is 124 g/mol. The minimum Gasteiger partial charge on any atom is -0.389 e. The number of alkyl halides is 1. The third kappa shape index (κ3) is 0.981. The normalized spacial score (nSPS) is 47.6. The lowest BCUT2D eigenvalue weighted by Gasteiger charge is -2.18. The Balaban J connectivity index is 2.54. The van der Waals surface area contributed by atoms with Gasteiger partial charge in [0.2, 0.25) is 0 Å². The molecule has 1 saturated carbocycles. The molecule has 0 bridgehead atoms. The zero-order valence-corrected chi connectivity index (χ0v) is 5.65. The molecule has 47 valence electrons. The Morgan fingerprint density at radius 2 is 2.50 bits per heavy atom. The van der Waals surface area contributed by atoms with Gasteiger partial charge in [-0.2, -0.15) is 0 Å². The van der Waals surface area contributed by atoms with Gasteiger partial charge in [0.25, 0.3) is 0 Å². The van der Waals surface area contributed by atoms with Crippen LogP contribution in [-0.2, 0) is 0 Å². The first-order valence-electron chi connectivity index (χ1n) is 2.81. The summed E-state index contributed by atoms with van der Waals surface area (Å²) < 4.78 is 0. The predicted molar refractivity (Wildman–Crippen MR) is 33.8 cm³/mol. The second kappa shape index (κ2) is 1.89. The lowest BCUT2D eigenvalue weighted by molar-refractivity contribution is 0.0744. The Morgan fingerprint density at radius 1 is 1.88 bits per heavy atom. The summed E-state index contributed by atoms with van der Waals surface area (Å²) in [6.07, 6.45) is 3.60. The minimum absolute atomic E-state index is 0.0671. The van der Waals surface area contributed by atoms with Crippen molar-refractivity contribution in [2.45, 2.75) is 30.7 Å². The number of aliphatic hydroxyl groups is 1. The van der Waals surface area contributed by atoms with Crippen molar-refractivity contribution in [3.05, 3.63) is 6.42 Å². The van der Waals surface area contributed by atoms with E-state index in [0.717, 1.165) is 12.8 Å². The Hall–Kier alpha value is 0.250. The molecule has 0 aromatic heterocycles. The van der Waals surface area contributed by atoms with Crippen molar-refractivity contribution >= 4 is 11.6 Å². The van der Waals surface area contributed by atoms with Crippen LogP contribution in [0.25, 0.3) is 0 Å². The maximum absolute atomic E-state index is 9.30. The molecule has 0 heterocycles. The summed E-state index contributed by atoms with van der Waals surface area (Å²) in [5.41, 5.74) is -0.637. The summed E-state index contributed by atoms with van der Waals surface area (Å²) in [5, 5.41) is 9.23.